The van der Waals surface area contributed by atoms with Crippen LogP contribution in [0.5, 0.6) is 5.75 Å². The van der Waals surface area contributed by atoms with Crippen LogP contribution in [0.1, 0.15) is 73.8 Å². The van der Waals surface area contributed by atoms with Crippen LogP contribution in [0, 0.1) is 5.41 Å². The van der Waals surface area contributed by atoms with Gasteiger partial charge in [-0.1, -0.05) is 39.5 Å². The summed E-state index contributed by atoms with van der Waals surface area (Å²) in [4.78, 5) is 49.2. The summed E-state index contributed by atoms with van der Waals surface area (Å²) in [7, 11) is 1.20. The molecule has 0 bridgehead atoms. The van der Waals surface area contributed by atoms with Gasteiger partial charge in [0.25, 0.3) is 0 Å². The fourth-order valence-corrected chi connectivity index (χ4v) is 3.94. The van der Waals surface area contributed by atoms with Gasteiger partial charge in [-0.15, -0.1) is 0 Å². The van der Waals surface area contributed by atoms with Crippen LogP contribution < -0.4 is 15.4 Å². The van der Waals surface area contributed by atoms with Gasteiger partial charge in [0.15, 0.2) is 0 Å². The maximum Gasteiger partial charge on any atom is 0.408 e. The summed E-state index contributed by atoms with van der Waals surface area (Å²) < 4.78 is 15.1. The number of esters is 2. The third kappa shape index (κ3) is 13.0. The number of nitrogens with one attached hydrogen (secondary N) is 2. The molecule has 0 aromatic heterocycles. The summed E-state index contributed by atoms with van der Waals surface area (Å²) in [6.45, 7) is 18.9. The van der Waals surface area contributed by atoms with Gasteiger partial charge in [-0.2, -0.15) is 0 Å². The van der Waals surface area contributed by atoms with E-state index in [9.17, 15) is 19.2 Å². The highest BCUT2D eigenvalue weighted by Gasteiger charge is 2.31. The van der Waals surface area contributed by atoms with Gasteiger partial charge in [-0.05, 0) is 64.2 Å². The van der Waals surface area contributed by atoms with Crippen LogP contribution in [-0.2, 0) is 30.3 Å². The van der Waals surface area contributed by atoms with Crippen molar-refractivity contribution in [2.75, 3.05) is 7.11 Å². The molecule has 0 saturated heterocycles. The van der Waals surface area contributed by atoms with Crippen molar-refractivity contribution in [1.82, 2.24) is 10.6 Å². The molecule has 1 unspecified atom stereocenters. The first-order chi connectivity index (χ1) is 16.8. The smallest absolute Gasteiger partial charge is 0.408 e. The Bertz CT molecular complexity index is 983. The van der Waals surface area contributed by atoms with Crippen LogP contribution in [0.25, 0.3) is 0 Å². The van der Waals surface area contributed by atoms with E-state index in [2.05, 4.69) is 42.7 Å². The first-order valence-corrected chi connectivity index (χ1v) is 12.2. The highest BCUT2D eigenvalue weighted by Crippen LogP contribution is 2.27. The molecular formula is C28H42N2O7. The van der Waals surface area contributed by atoms with Gasteiger partial charge in [0.2, 0.25) is 5.91 Å². The van der Waals surface area contributed by atoms with E-state index in [1.807, 2.05) is 13.8 Å². The molecule has 0 heterocycles. The van der Waals surface area contributed by atoms with Crippen molar-refractivity contribution in [2.24, 2.45) is 5.41 Å². The highest BCUT2D eigenvalue weighted by atomic mass is 16.6. The molecular weight excluding hydrogens is 476 g/mol. The second kappa shape index (κ2) is 12.7. The maximum atomic E-state index is 13.2. The first-order valence-electron chi connectivity index (χ1n) is 12.2. The molecule has 0 aliphatic rings. The maximum absolute atomic E-state index is 13.2. The predicted molar refractivity (Wildman–Crippen MR) is 141 cm³/mol. The Balaban J connectivity index is 2.98. The Labute approximate surface area is 220 Å². The van der Waals surface area contributed by atoms with Crippen LogP contribution in [0.3, 0.4) is 0 Å². The van der Waals surface area contributed by atoms with Crippen LogP contribution in [0.2, 0.25) is 0 Å². The second-order valence-corrected chi connectivity index (χ2v) is 11.9. The summed E-state index contributed by atoms with van der Waals surface area (Å²) in [5.74, 6) is -1.41. The fourth-order valence-electron chi connectivity index (χ4n) is 3.94. The molecule has 0 saturated carbocycles. The molecule has 0 aliphatic heterocycles. The fraction of sp³-hybridized carbons (Fsp3) is 0.571. The zero-order chi connectivity index (χ0) is 28.6. The molecule has 0 spiro atoms. The Hall–Kier alpha value is -3.36. The summed E-state index contributed by atoms with van der Waals surface area (Å²) in [6, 6.07) is 5.62. The number of carbonyl (C=O) groups is 4. The minimum Gasteiger partial charge on any atom is -0.466 e. The van der Waals surface area contributed by atoms with Crippen molar-refractivity contribution >= 4 is 23.9 Å². The number of amides is 2. The molecule has 9 heteroatoms. The minimum absolute atomic E-state index is 0.0125. The first kappa shape index (κ1) is 31.7. The van der Waals surface area contributed by atoms with Gasteiger partial charge in [-0.3, -0.25) is 9.59 Å². The summed E-state index contributed by atoms with van der Waals surface area (Å²) in [6.07, 6.45) is -0.0872. The van der Waals surface area contributed by atoms with Crippen LogP contribution in [0.15, 0.2) is 36.4 Å². The van der Waals surface area contributed by atoms with Gasteiger partial charge in [-0.25, -0.2) is 9.59 Å². The average molecular weight is 519 g/mol. The zero-order valence-corrected chi connectivity index (χ0v) is 23.6. The number of benzene rings is 1. The van der Waals surface area contributed by atoms with Crippen LogP contribution in [-0.4, -0.2) is 48.2 Å². The Morgan fingerprint density at radius 1 is 0.946 bits per heavy atom. The number of carbonyl (C=O) groups excluding carboxylic acids is 4. The lowest BCUT2D eigenvalue weighted by atomic mass is 9.81. The van der Waals surface area contributed by atoms with E-state index in [4.69, 9.17) is 9.47 Å². The molecule has 1 aromatic rings. The Morgan fingerprint density at radius 3 is 2.00 bits per heavy atom. The number of hydrogen-bond acceptors (Lipinski definition) is 7. The number of rotatable bonds is 10. The normalized spacial score (nSPS) is 12.7. The molecule has 9 nitrogen and oxygen atoms in total. The Morgan fingerprint density at radius 2 is 1.51 bits per heavy atom. The monoisotopic (exact) mass is 518 g/mol. The molecule has 37 heavy (non-hydrogen) atoms. The third-order valence-electron chi connectivity index (χ3n) is 4.87. The van der Waals surface area contributed by atoms with Crippen LogP contribution in [0.4, 0.5) is 4.79 Å². The van der Waals surface area contributed by atoms with E-state index < -0.39 is 35.2 Å². The minimum atomic E-state index is -0.897. The van der Waals surface area contributed by atoms with Crippen molar-refractivity contribution in [1.29, 1.82) is 0 Å². The molecule has 1 rings (SSSR count). The second-order valence-electron chi connectivity index (χ2n) is 11.9. The quantitative estimate of drug-likeness (QED) is 0.266. The molecule has 0 radical (unpaired) electrons. The van der Waals surface area contributed by atoms with Crippen molar-refractivity contribution in [2.45, 2.75) is 91.8 Å². The Kier molecular flexibility index (Phi) is 10.9. The largest absolute Gasteiger partial charge is 0.466 e. The average Bonchev–Trinajstić information content (AvgIpc) is 2.70. The van der Waals surface area contributed by atoms with E-state index in [1.165, 1.54) is 7.11 Å². The van der Waals surface area contributed by atoms with Gasteiger partial charge < -0.3 is 24.8 Å². The summed E-state index contributed by atoms with van der Waals surface area (Å²) in [5, 5.41) is 5.73. The SMILES string of the molecule is C=C(CC(=O)Oc1ccc(CC(NC(=O)OC(C)(C)C)C(=O)NC(C)(C)CC(C)(C)C)cc1)C(=O)OC. The summed E-state index contributed by atoms with van der Waals surface area (Å²) in [5.41, 5.74) is -0.526. The standard InChI is InChI=1S/C28H42N2O7/c1-18(24(33)35-10)15-22(31)36-20-13-11-19(12-14-20)16-21(29-25(34)37-27(5,6)7)23(32)30-28(8,9)17-26(2,3)4/h11-14,21H,1,15-17H2,2-10H3,(H,29,34)(H,30,32). The van der Waals surface area contributed by atoms with Crippen molar-refractivity contribution in [3.05, 3.63) is 42.0 Å². The van der Waals surface area contributed by atoms with Crippen molar-refractivity contribution < 1.29 is 33.4 Å². The topological polar surface area (TPSA) is 120 Å². The lowest BCUT2D eigenvalue weighted by Crippen LogP contribution is -2.55. The van der Waals surface area contributed by atoms with Gasteiger partial charge >= 0.3 is 18.0 Å². The van der Waals surface area contributed by atoms with Gasteiger partial charge in [0.05, 0.1) is 13.5 Å². The van der Waals surface area contributed by atoms with Crippen molar-refractivity contribution in [3.8, 4) is 5.75 Å². The highest BCUT2D eigenvalue weighted by molar-refractivity contribution is 5.93. The van der Waals surface area contributed by atoms with E-state index >= 15 is 0 Å². The molecule has 0 fully saturated rings. The molecule has 1 aromatic carbocycles. The molecule has 2 amide bonds. The molecule has 1 atom stereocenters. The zero-order valence-electron chi connectivity index (χ0n) is 23.6. The van der Waals surface area contributed by atoms with E-state index in [0.29, 0.717) is 0 Å². The number of hydrogen-bond donors (Lipinski definition) is 2. The van der Waals surface area contributed by atoms with E-state index in [0.717, 1.165) is 12.0 Å². The van der Waals surface area contributed by atoms with Gasteiger partial charge in [0, 0.05) is 17.5 Å². The molecule has 206 valence electrons. The summed E-state index contributed by atoms with van der Waals surface area (Å²) >= 11 is 0. The van der Waals surface area contributed by atoms with Crippen molar-refractivity contribution in [3.63, 3.8) is 0 Å². The molecule has 2 N–H and O–H groups in total. The van der Waals surface area contributed by atoms with Gasteiger partial charge in [0.1, 0.15) is 17.4 Å². The lowest BCUT2D eigenvalue weighted by Gasteiger charge is -2.34. The number of methoxy groups -OCH3 is 1. The van der Waals surface area contributed by atoms with E-state index in [1.54, 1.807) is 45.0 Å². The molecule has 0 aliphatic carbocycles. The third-order valence-corrected chi connectivity index (χ3v) is 4.87. The number of alkyl carbamates (subject to hydrolysis) is 1. The lowest BCUT2D eigenvalue weighted by molar-refractivity contribution is -0.139. The number of ether oxygens (including phenoxy) is 3. The van der Waals surface area contributed by atoms with Crippen LogP contribution >= 0.6 is 0 Å². The predicted octanol–water partition coefficient (Wildman–Crippen LogP) is 4.48. The van der Waals surface area contributed by atoms with E-state index in [-0.39, 0.29) is 35.5 Å².